The molecule has 0 saturated heterocycles. The van der Waals surface area contributed by atoms with E-state index in [1.54, 1.807) is 20.5 Å². The van der Waals surface area contributed by atoms with Gasteiger partial charge in [0.05, 0.1) is 19.6 Å². The van der Waals surface area contributed by atoms with Gasteiger partial charge in [0.15, 0.2) is 11.5 Å². The lowest BCUT2D eigenvalue weighted by atomic mass is 9.89. The van der Waals surface area contributed by atoms with Crippen molar-refractivity contribution < 1.29 is 9.47 Å². The lowest BCUT2D eigenvalue weighted by Gasteiger charge is -2.18. The Kier molecular flexibility index (Phi) is 4.68. The van der Waals surface area contributed by atoms with Gasteiger partial charge in [-0.05, 0) is 48.4 Å². The van der Waals surface area contributed by atoms with E-state index in [0.29, 0.717) is 6.54 Å². The van der Waals surface area contributed by atoms with Crippen LogP contribution in [0.25, 0.3) is 10.2 Å². The Labute approximate surface area is 157 Å². The van der Waals surface area contributed by atoms with Gasteiger partial charge in [-0.25, -0.2) is 9.97 Å². The average molecular weight is 369 g/mol. The van der Waals surface area contributed by atoms with Crippen LogP contribution in [0.2, 0.25) is 0 Å². The summed E-state index contributed by atoms with van der Waals surface area (Å²) < 4.78 is 10.7. The van der Waals surface area contributed by atoms with Crippen molar-refractivity contribution in [2.24, 2.45) is 5.92 Å². The van der Waals surface area contributed by atoms with Crippen molar-refractivity contribution in [2.75, 3.05) is 19.5 Å². The Morgan fingerprint density at radius 2 is 2.04 bits per heavy atom. The molecule has 1 atom stereocenters. The second-order valence-electron chi connectivity index (χ2n) is 6.80. The number of rotatable bonds is 5. The molecule has 0 bridgehead atoms. The molecule has 1 N–H and O–H groups in total. The second-order valence-corrected chi connectivity index (χ2v) is 7.88. The molecule has 0 aliphatic heterocycles. The third-order valence-corrected chi connectivity index (χ3v) is 6.16. The van der Waals surface area contributed by atoms with Crippen molar-refractivity contribution in [3.8, 4) is 11.5 Å². The number of methoxy groups -OCH3 is 2. The van der Waals surface area contributed by atoms with Gasteiger partial charge < -0.3 is 14.8 Å². The van der Waals surface area contributed by atoms with Crippen LogP contribution in [-0.2, 0) is 19.4 Å². The van der Waals surface area contributed by atoms with E-state index < -0.39 is 0 Å². The number of nitrogens with zero attached hydrogens (tertiary/aromatic N) is 2. The minimum Gasteiger partial charge on any atom is -0.493 e. The monoisotopic (exact) mass is 369 g/mol. The molecule has 1 aromatic carbocycles. The molecule has 6 heteroatoms. The third kappa shape index (κ3) is 3.09. The van der Waals surface area contributed by atoms with E-state index in [2.05, 4.69) is 22.2 Å². The first-order valence-corrected chi connectivity index (χ1v) is 9.71. The van der Waals surface area contributed by atoms with Crippen molar-refractivity contribution >= 4 is 27.4 Å². The van der Waals surface area contributed by atoms with Crippen LogP contribution in [0.1, 0.15) is 29.3 Å². The summed E-state index contributed by atoms with van der Waals surface area (Å²) in [6, 6.07) is 5.96. The van der Waals surface area contributed by atoms with E-state index in [9.17, 15) is 0 Å². The fourth-order valence-electron chi connectivity index (χ4n) is 3.59. The highest BCUT2D eigenvalue weighted by molar-refractivity contribution is 7.19. The SMILES string of the molecule is COc1ccc(CNc2ncnc3sc4c(c23)CC[C@@H](C)C4)cc1OC. The van der Waals surface area contributed by atoms with Crippen LogP contribution in [0, 0.1) is 5.92 Å². The Morgan fingerprint density at radius 1 is 1.19 bits per heavy atom. The van der Waals surface area contributed by atoms with E-state index in [1.165, 1.54) is 22.2 Å². The maximum Gasteiger partial charge on any atom is 0.161 e. The molecule has 0 spiro atoms. The van der Waals surface area contributed by atoms with Gasteiger partial charge in [-0.15, -0.1) is 11.3 Å². The number of hydrogen-bond donors (Lipinski definition) is 1. The Balaban J connectivity index is 1.62. The zero-order valence-corrected chi connectivity index (χ0v) is 16.2. The van der Waals surface area contributed by atoms with Crippen molar-refractivity contribution in [2.45, 2.75) is 32.7 Å². The molecule has 136 valence electrons. The van der Waals surface area contributed by atoms with E-state index in [1.807, 2.05) is 29.5 Å². The van der Waals surface area contributed by atoms with Gasteiger partial charge in [-0.1, -0.05) is 13.0 Å². The van der Waals surface area contributed by atoms with Gasteiger partial charge in [-0.3, -0.25) is 0 Å². The first-order valence-electron chi connectivity index (χ1n) is 8.89. The summed E-state index contributed by atoms with van der Waals surface area (Å²) in [5, 5.41) is 4.71. The van der Waals surface area contributed by atoms with Gasteiger partial charge >= 0.3 is 0 Å². The molecule has 0 unspecified atom stereocenters. The molecule has 26 heavy (non-hydrogen) atoms. The maximum absolute atomic E-state index is 5.39. The van der Waals surface area contributed by atoms with Gasteiger partial charge in [0.1, 0.15) is 17.0 Å². The van der Waals surface area contributed by atoms with E-state index in [-0.39, 0.29) is 0 Å². The van der Waals surface area contributed by atoms with Crippen LogP contribution in [-0.4, -0.2) is 24.2 Å². The predicted molar refractivity (Wildman–Crippen MR) is 105 cm³/mol. The number of anilines is 1. The van der Waals surface area contributed by atoms with Crippen molar-refractivity contribution in [3.05, 3.63) is 40.5 Å². The highest BCUT2D eigenvalue weighted by atomic mass is 32.1. The number of ether oxygens (including phenoxy) is 2. The first kappa shape index (κ1) is 17.1. The minimum atomic E-state index is 0.674. The van der Waals surface area contributed by atoms with Crippen molar-refractivity contribution in [3.63, 3.8) is 0 Å². The van der Waals surface area contributed by atoms with Crippen LogP contribution in [0.5, 0.6) is 11.5 Å². The summed E-state index contributed by atoms with van der Waals surface area (Å²) >= 11 is 1.82. The fourth-order valence-corrected chi connectivity index (χ4v) is 4.94. The summed E-state index contributed by atoms with van der Waals surface area (Å²) in [7, 11) is 3.30. The fraction of sp³-hybridized carbons (Fsp3) is 0.400. The Bertz CT molecular complexity index is 938. The topological polar surface area (TPSA) is 56.3 Å². The second kappa shape index (κ2) is 7.11. The number of aryl methyl sites for hydroxylation is 1. The van der Waals surface area contributed by atoms with Gasteiger partial charge in [0, 0.05) is 11.4 Å². The summed E-state index contributed by atoms with van der Waals surface area (Å²) in [5.74, 6) is 3.16. The summed E-state index contributed by atoms with van der Waals surface area (Å²) in [6.45, 7) is 3.00. The largest absolute Gasteiger partial charge is 0.493 e. The highest BCUT2D eigenvalue weighted by Crippen LogP contribution is 2.39. The average Bonchev–Trinajstić information content (AvgIpc) is 3.03. The zero-order chi connectivity index (χ0) is 18.1. The summed E-state index contributed by atoms with van der Waals surface area (Å²) in [6.07, 6.45) is 5.17. The van der Waals surface area contributed by atoms with Crippen LogP contribution in [0.4, 0.5) is 5.82 Å². The number of aromatic nitrogens is 2. The maximum atomic E-state index is 5.39. The molecular formula is C20H23N3O2S. The third-order valence-electron chi connectivity index (χ3n) is 5.00. The van der Waals surface area contributed by atoms with E-state index in [4.69, 9.17) is 9.47 Å². The molecule has 4 rings (SSSR count). The number of benzene rings is 1. The number of fused-ring (bicyclic) bond motifs is 3. The van der Waals surface area contributed by atoms with Gasteiger partial charge in [0.25, 0.3) is 0 Å². The molecule has 2 heterocycles. The minimum absolute atomic E-state index is 0.674. The van der Waals surface area contributed by atoms with Gasteiger partial charge in [0.2, 0.25) is 0 Å². The predicted octanol–water partition coefficient (Wildman–Crippen LogP) is 4.45. The summed E-state index contributed by atoms with van der Waals surface area (Å²) in [5.41, 5.74) is 2.56. The number of hydrogen-bond acceptors (Lipinski definition) is 6. The quantitative estimate of drug-likeness (QED) is 0.720. The lowest BCUT2D eigenvalue weighted by molar-refractivity contribution is 0.354. The van der Waals surface area contributed by atoms with Crippen LogP contribution in [0.3, 0.4) is 0 Å². The molecule has 3 aromatic rings. The van der Waals surface area contributed by atoms with Crippen LogP contribution < -0.4 is 14.8 Å². The molecule has 2 aromatic heterocycles. The molecule has 5 nitrogen and oxygen atoms in total. The Morgan fingerprint density at radius 3 is 2.85 bits per heavy atom. The highest BCUT2D eigenvalue weighted by Gasteiger charge is 2.23. The Hall–Kier alpha value is -2.34. The number of thiophene rings is 1. The van der Waals surface area contributed by atoms with Crippen LogP contribution >= 0.6 is 11.3 Å². The lowest BCUT2D eigenvalue weighted by Crippen LogP contribution is -2.09. The molecule has 0 fully saturated rings. The van der Waals surface area contributed by atoms with Gasteiger partial charge in [-0.2, -0.15) is 0 Å². The zero-order valence-electron chi connectivity index (χ0n) is 15.3. The molecular weight excluding hydrogens is 346 g/mol. The molecule has 0 radical (unpaired) electrons. The smallest absolute Gasteiger partial charge is 0.161 e. The first-order chi connectivity index (χ1) is 12.7. The van der Waals surface area contributed by atoms with E-state index >= 15 is 0 Å². The normalized spacial score (nSPS) is 16.3. The molecule has 0 amide bonds. The molecule has 1 aliphatic carbocycles. The molecule has 1 aliphatic rings. The van der Waals surface area contributed by atoms with Crippen molar-refractivity contribution in [1.82, 2.24) is 9.97 Å². The van der Waals surface area contributed by atoms with Crippen molar-refractivity contribution in [1.29, 1.82) is 0 Å². The van der Waals surface area contributed by atoms with E-state index in [0.717, 1.165) is 46.5 Å². The molecule has 0 saturated carbocycles. The number of nitrogens with one attached hydrogen (secondary N) is 1. The van der Waals surface area contributed by atoms with Crippen LogP contribution in [0.15, 0.2) is 24.5 Å². The summed E-state index contributed by atoms with van der Waals surface area (Å²) in [4.78, 5) is 11.6. The standard InChI is InChI=1S/C20H23N3O2S/c1-12-4-6-14-17(8-12)26-20-18(14)19(22-11-23-20)21-10-13-5-7-15(24-2)16(9-13)25-3/h5,7,9,11-12H,4,6,8,10H2,1-3H3,(H,21,22,23)/t12-/m1/s1.